The third-order valence-electron chi connectivity index (χ3n) is 11.6. The predicted molar refractivity (Wildman–Crippen MR) is 245 cm³/mol. The lowest BCUT2D eigenvalue weighted by molar-refractivity contribution is 1.17. The van der Waals surface area contributed by atoms with Crippen molar-refractivity contribution in [2.45, 2.75) is 6.92 Å². The molecule has 0 saturated heterocycles. The molecule has 3 heteroatoms. The lowest BCUT2D eigenvalue weighted by Gasteiger charge is -2.25. The molecule has 0 saturated carbocycles. The summed E-state index contributed by atoms with van der Waals surface area (Å²) in [5, 5.41) is 4.98. The summed E-state index contributed by atoms with van der Waals surface area (Å²) >= 11 is 0. The summed E-state index contributed by atoms with van der Waals surface area (Å²) in [6, 6.07) is 79.3. The van der Waals surface area contributed by atoms with Gasteiger partial charge in [0, 0.05) is 50.0 Å². The fourth-order valence-electron chi connectivity index (χ4n) is 8.77. The van der Waals surface area contributed by atoms with E-state index in [1.807, 2.05) is 0 Å². The van der Waals surface area contributed by atoms with Gasteiger partial charge >= 0.3 is 0 Å². The molecule has 58 heavy (non-hydrogen) atoms. The molecule has 0 aliphatic heterocycles. The van der Waals surface area contributed by atoms with E-state index in [1.165, 1.54) is 77.1 Å². The van der Waals surface area contributed by atoms with Gasteiger partial charge in [0.1, 0.15) is 0 Å². The lowest BCUT2D eigenvalue weighted by Crippen LogP contribution is -2.09. The van der Waals surface area contributed by atoms with Crippen molar-refractivity contribution in [3.63, 3.8) is 0 Å². The molecule has 3 nitrogen and oxygen atoms in total. The maximum absolute atomic E-state index is 2.41. The average molecular weight is 742 g/mol. The summed E-state index contributed by atoms with van der Waals surface area (Å²) in [6.07, 6.45) is 0. The van der Waals surface area contributed by atoms with Gasteiger partial charge in [0.2, 0.25) is 0 Å². The van der Waals surface area contributed by atoms with Crippen LogP contribution in [-0.4, -0.2) is 9.13 Å². The van der Waals surface area contributed by atoms with Crippen molar-refractivity contribution >= 4 is 60.7 Å². The van der Waals surface area contributed by atoms with Crippen molar-refractivity contribution < 1.29 is 0 Å². The first kappa shape index (κ1) is 33.7. The van der Waals surface area contributed by atoms with Gasteiger partial charge in [-0.15, -0.1) is 0 Å². The number of rotatable bonds is 7. The highest BCUT2D eigenvalue weighted by Crippen LogP contribution is 2.40. The molecule has 0 radical (unpaired) electrons. The van der Waals surface area contributed by atoms with E-state index in [4.69, 9.17) is 0 Å². The number of hydrogen-bond donors (Lipinski definition) is 0. The molecule has 0 aliphatic carbocycles. The topological polar surface area (TPSA) is 13.1 Å². The standard InChI is InChI=1S/C55H39N3/c1-38-21-28-47(29-22-38)58-54-32-25-40(39-23-30-46(31-24-39)56(43-13-5-2-6-14-43)44-15-7-3-8-16-44)35-50(54)51-37-42(27-34-55(51)58)41-26-33-53-49(36-41)48-19-11-12-20-52(48)57(53)45-17-9-4-10-18-45/h2-37H,1H3. The van der Waals surface area contributed by atoms with Crippen LogP contribution in [0.15, 0.2) is 218 Å². The van der Waals surface area contributed by atoms with Crippen LogP contribution in [-0.2, 0) is 0 Å². The molecule has 274 valence electrons. The van der Waals surface area contributed by atoms with Crippen molar-refractivity contribution in [2.24, 2.45) is 0 Å². The second kappa shape index (κ2) is 13.8. The highest BCUT2D eigenvalue weighted by Gasteiger charge is 2.18. The van der Waals surface area contributed by atoms with E-state index in [0.29, 0.717) is 0 Å². The van der Waals surface area contributed by atoms with Crippen molar-refractivity contribution in [1.29, 1.82) is 0 Å². The number of hydrogen-bond acceptors (Lipinski definition) is 1. The molecular weight excluding hydrogens is 703 g/mol. The second-order valence-corrected chi connectivity index (χ2v) is 15.1. The Morgan fingerprint density at radius 3 is 1.21 bits per heavy atom. The summed E-state index contributed by atoms with van der Waals surface area (Å²) in [4.78, 5) is 2.31. The number of benzene rings is 9. The summed E-state index contributed by atoms with van der Waals surface area (Å²) < 4.78 is 4.79. The quantitative estimate of drug-likeness (QED) is 0.159. The molecule has 0 bridgehead atoms. The van der Waals surface area contributed by atoms with Gasteiger partial charge < -0.3 is 14.0 Å². The second-order valence-electron chi connectivity index (χ2n) is 15.1. The molecule has 0 fully saturated rings. The molecule has 0 aliphatic rings. The summed E-state index contributed by atoms with van der Waals surface area (Å²) in [5.41, 5.74) is 16.5. The Morgan fingerprint density at radius 2 is 0.672 bits per heavy atom. The summed E-state index contributed by atoms with van der Waals surface area (Å²) in [6.45, 7) is 2.15. The van der Waals surface area contributed by atoms with Crippen molar-refractivity contribution in [3.05, 3.63) is 224 Å². The van der Waals surface area contributed by atoms with Crippen molar-refractivity contribution in [2.75, 3.05) is 4.90 Å². The normalized spacial score (nSPS) is 11.5. The minimum absolute atomic E-state index is 1.12. The van der Waals surface area contributed by atoms with Crippen LogP contribution in [0.1, 0.15) is 5.56 Å². The van der Waals surface area contributed by atoms with Gasteiger partial charge in [0.25, 0.3) is 0 Å². The molecule has 11 rings (SSSR count). The minimum atomic E-state index is 1.12. The Kier molecular flexibility index (Phi) is 8.04. The van der Waals surface area contributed by atoms with Crippen LogP contribution in [0.4, 0.5) is 17.1 Å². The van der Waals surface area contributed by atoms with Crippen LogP contribution in [0.25, 0.3) is 77.2 Å². The molecule has 0 atom stereocenters. The molecule has 0 N–H and O–H groups in total. The largest absolute Gasteiger partial charge is 0.311 e. The van der Waals surface area contributed by atoms with E-state index in [-0.39, 0.29) is 0 Å². The smallest absolute Gasteiger partial charge is 0.0541 e. The van der Waals surface area contributed by atoms with Crippen molar-refractivity contribution in [1.82, 2.24) is 9.13 Å². The Balaban J connectivity index is 1.05. The fourth-order valence-corrected chi connectivity index (χ4v) is 8.77. The Bertz CT molecular complexity index is 3210. The highest BCUT2D eigenvalue weighted by molar-refractivity contribution is 6.13. The predicted octanol–water partition coefficient (Wildman–Crippen LogP) is 15.0. The van der Waals surface area contributed by atoms with E-state index in [1.54, 1.807) is 0 Å². The maximum atomic E-state index is 2.41. The Morgan fingerprint density at radius 1 is 0.293 bits per heavy atom. The van der Waals surface area contributed by atoms with Gasteiger partial charge in [0.05, 0.1) is 22.1 Å². The molecule has 2 aromatic heterocycles. The van der Waals surface area contributed by atoms with Crippen LogP contribution in [0.5, 0.6) is 0 Å². The molecule has 0 spiro atoms. The minimum Gasteiger partial charge on any atom is -0.311 e. The first-order valence-electron chi connectivity index (χ1n) is 19.9. The zero-order chi connectivity index (χ0) is 38.6. The molecule has 0 amide bonds. The van der Waals surface area contributed by atoms with Crippen LogP contribution in [0.3, 0.4) is 0 Å². The van der Waals surface area contributed by atoms with E-state index >= 15 is 0 Å². The molecule has 2 heterocycles. The summed E-state index contributed by atoms with van der Waals surface area (Å²) in [5.74, 6) is 0. The van der Waals surface area contributed by atoms with E-state index in [9.17, 15) is 0 Å². The zero-order valence-corrected chi connectivity index (χ0v) is 32.1. The van der Waals surface area contributed by atoms with E-state index < -0.39 is 0 Å². The van der Waals surface area contributed by atoms with Gasteiger partial charge in [-0.3, -0.25) is 0 Å². The lowest BCUT2D eigenvalue weighted by atomic mass is 9.99. The van der Waals surface area contributed by atoms with Crippen LogP contribution >= 0.6 is 0 Å². The number of nitrogens with zero attached hydrogens (tertiary/aromatic N) is 3. The first-order valence-corrected chi connectivity index (χ1v) is 19.9. The third-order valence-corrected chi connectivity index (χ3v) is 11.6. The van der Waals surface area contributed by atoms with Gasteiger partial charge in [-0.1, -0.05) is 121 Å². The van der Waals surface area contributed by atoms with Crippen LogP contribution < -0.4 is 4.90 Å². The van der Waals surface area contributed by atoms with E-state index in [0.717, 1.165) is 22.7 Å². The van der Waals surface area contributed by atoms with Crippen LogP contribution in [0.2, 0.25) is 0 Å². The highest BCUT2D eigenvalue weighted by atomic mass is 15.1. The van der Waals surface area contributed by atoms with Gasteiger partial charge in [-0.25, -0.2) is 0 Å². The fraction of sp³-hybridized carbons (Fsp3) is 0.0182. The van der Waals surface area contributed by atoms with Crippen molar-refractivity contribution in [3.8, 4) is 33.6 Å². The molecule has 0 unspecified atom stereocenters. The zero-order valence-electron chi connectivity index (χ0n) is 32.1. The summed E-state index contributed by atoms with van der Waals surface area (Å²) in [7, 11) is 0. The number of para-hydroxylation sites is 4. The maximum Gasteiger partial charge on any atom is 0.0541 e. The molecular formula is C55H39N3. The van der Waals surface area contributed by atoms with E-state index in [2.05, 4.69) is 239 Å². The van der Waals surface area contributed by atoms with Gasteiger partial charge in [-0.05, 0) is 132 Å². The molecule has 11 aromatic rings. The Hall–Kier alpha value is -7.62. The molecule has 9 aromatic carbocycles. The third kappa shape index (κ3) is 5.67. The average Bonchev–Trinajstić information content (AvgIpc) is 3.80. The Labute approximate surface area is 337 Å². The number of aromatic nitrogens is 2. The monoisotopic (exact) mass is 741 g/mol. The number of anilines is 3. The number of aryl methyl sites for hydroxylation is 1. The van der Waals surface area contributed by atoms with Gasteiger partial charge in [-0.2, -0.15) is 0 Å². The van der Waals surface area contributed by atoms with Gasteiger partial charge in [0.15, 0.2) is 0 Å². The number of fused-ring (bicyclic) bond motifs is 6. The van der Waals surface area contributed by atoms with Crippen LogP contribution in [0, 0.1) is 6.92 Å². The SMILES string of the molecule is Cc1ccc(-n2c3ccc(-c4ccc(N(c5ccccc5)c5ccccc5)cc4)cc3c3cc(-c4ccc5c(c4)c4ccccc4n5-c4ccccc4)ccc32)cc1. The first-order chi connectivity index (χ1) is 28.7.